The zero-order chi connectivity index (χ0) is 41.8. The number of benzene rings is 6. The van der Waals surface area contributed by atoms with Crippen LogP contribution in [0.1, 0.15) is 84.7 Å². The molecule has 6 aromatic rings. The van der Waals surface area contributed by atoms with E-state index in [-0.39, 0.29) is 12.0 Å². The van der Waals surface area contributed by atoms with Gasteiger partial charge >= 0.3 is 0 Å². The Morgan fingerprint density at radius 3 is 2.02 bits per heavy atom. The van der Waals surface area contributed by atoms with Gasteiger partial charge in [0.1, 0.15) is 0 Å². The van der Waals surface area contributed by atoms with Gasteiger partial charge < -0.3 is 10.2 Å². The third kappa shape index (κ3) is 7.98. The molecule has 0 spiro atoms. The minimum atomic E-state index is 0.184. The predicted octanol–water partition coefficient (Wildman–Crippen LogP) is 15.3. The quantitative estimate of drug-likeness (QED) is 0.148. The van der Waals surface area contributed by atoms with E-state index in [2.05, 4.69) is 230 Å². The molecular weight excluding hydrogens is 749 g/mol. The van der Waals surface area contributed by atoms with Crippen molar-refractivity contribution in [3.8, 4) is 11.1 Å². The Hall–Kier alpha value is -6.64. The molecular formula is C60H56N2. The molecule has 0 saturated carbocycles. The highest BCUT2D eigenvalue weighted by Gasteiger charge is 2.36. The number of allylic oxidation sites excluding steroid dienone is 8. The smallest absolute Gasteiger partial charge is 0.0547 e. The highest BCUT2D eigenvalue weighted by atomic mass is 15.2. The molecule has 0 aromatic heterocycles. The van der Waals surface area contributed by atoms with Crippen LogP contribution in [-0.2, 0) is 6.42 Å². The van der Waals surface area contributed by atoms with Gasteiger partial charge in [-0.1, -0.05) is 202 Å². The zero-order valence-electron chi connectivity index (χ0n) is 36.0. The lowest BCUT2D eigenvalue weighted by atomic mass is 9.71. The summed E-state index contributed by atoms with van der Waals surface area (Å²) in [5.41, 5.74) is 18.3. The minimum Gasteiger partial charge on any atom is -0.378 e. The van der Waals surface area contributed by atoms with Gasteiger partial charge in [0.2, 0.25) is 0 Å². The van der Waals surface area contributed by atoms with Crippen molar-refractivity contribution in [2.75, 3.05) is 4.90 Å². The van der Waals surface area contributed by atoms with Crippen molar-refractivity contribution in [3.63, 3.8) is 0 Å². The molecule has 0 bridgehead atoms. The van der Waals surface area contributed by atoms with E-state index in [9.17, 15) is 0 Å². The van der Waals surface area contributed by atoms with Gasteiger partial charge in [-0.3, -0.25) is 0 Å². The van der Waals surface area contributed by atoms with E-state index >= 15 is 0 Å². The maximum Gasteiger partial charge on any atom is 0.0547 e. The Balaban J connectivity index is 0.980. The highest BCUT2D eigenvalue weighted by molar-refractivity contribution is 5.82. The lowest BCUT2D eigenvalue weighted by Gasteiger charge is -2.41. The first kappa shape index (κ1) is 39.5. The second kappa shape index (κ2) is 17.8. The normalized spacial score (nSPS) is 21.7. The molecule has 3 aliphatic carbocycles. The fourth-order valence-corrected chi connectivity index (χ4v) is 10.5. The summed E-state index contributed by atoms with van der Waals surface area (Å²) in [5.74, 6) is 1.44. The van der Waals surface area contributed by atoms with E-state index in [4.69, 9.17) is 0 Å². The largest absolute Gasteiger partial charge is 0.378 e. The lowest BCUT2D eigenvalue weighted by molar-refractivity contribution is 0.365. The van der Waals surface area contributed by atoms with Crippen LogP contribution in [0.4, 0.5) is 11.4 Å². The maximum atomic E-state index is 4.14. The van der Waals surface area contributed by atoms with Crippen LogP contribution in [0.5, 0.6) is 0 Å². The summed E-state index contributed by atoms with van der Waals surface area (Å²) < 4.78 is 0. The number of nitrogens with zero attached hydrogens (tertiary/aromatic N) is 1. The molecule has 1 heterocycles. The molecule has 0 saturated heterocycles. The van der Waals surface area contributed by atoms with Crippen LogP contribution in [0.25, 0.3) is 28.5 Å². The fraction of sp³-hybridized carbons (Fsp3) is 0.200. The Bertz CT molecular complexity index is 2700. The first-order valence-electron chi connectivity index (χ1n) is 22.8. The molecule has 0 amide bonds. The molecule has 1 N–H and O–H groups in total. The van der Waals surface area contributed by atoms with E-state index in [1.807, 2.05) is 0 Å². The average Bonchev–Trinajstić information content (AvgIpc) is 3.35. The van der Waals surface area contributed by atoms with Gasteiger partial charge in [-0.25, -0.2) is 0 Å². The van der Waals surface area contributed by atoms with Gasteiger partial charge in [0, 0.05) is 34.6 Å². The van der Waals surface area contributed by atoms with E-state index in [0.29, 0.717) is 17.8 Å². The number of hydrogen-bond donors (Lipinski definition) is 1. The molecule has 62 heavy (non-hydrogen) atoms. The van der Waals surface area contributed by atoms with Gasteiger partial charge in [0.05, 0.1) is 6.04 Å². The Morgan fingerprint density at radius 1 is 0.597 bits per heavy atom. The van der Waals surface area contributed by atoms with E-state index in [1.165, 1.54) is 78.4 Å². The SMILES string of the molecule is CCC1C(C2=CC(C)C(c3ccccc3)C=C2)NC(c2ccc(C3=CCCC(N(c4ccccc4)c4cccc5c4CCC=C5)=C3)cc2)=CC1c1ccc(-c2ccccc2)cc1. The molecule has 10 rings (SSSR count). The van der Waals surface area contributed by atoms with Crippen molar-refractivity contribution in [1.82, 2.24) is 5.32 Å². The van der Waals surface area contributed by atoms with Crippen LogP contribution in [0.3, 0.4) is 0 Å². The molecule has 5 unspecified atom stereocenters. The highest BCUT2D eigenvalue weighted by Crippen LogP contribution is 2.44. The number of fused-ring (bicyclic) bond motifs is 1. The van der Waals surface area contributed by atoms with Crippen molar-refractivity contribution in [2.24, 2.45) is 11.8 Å². The fourth-order valence-electron chi connectivity index (χ4n) is 10.5. The number of rotatable bonds is 10. The molecule has 0 radical (unpaired) electrons. The van der Waals surface area contributed by atoms with Crippen LogP contribution >= 0.6 is 0 Å². The van der Waals surface area contributed by atoms with E-state index in [1.54, 1.807) is 0 Å². The Kier molecular flexibility index (Phi) is 11.3. The third-order valence-electron chi connectivity index (χ3n) is 13.7. The second-order valence-electron chi connectivity index (χ2n) is 17.5. The van der Waals surface area contributed by atoms with Gasteiger partial charge in [-0.15, -0.1) is 0 Å². The minimum absolute atomic E-state index is 0.184. The van der Waals surface area contributed by atoms with Gasteiger partial charge in [0.15, 0.2) is 0 Å². The summed E-state index contributed by atoms with van der Waals surface area (Å²) >= 11 is 0. The van der Waals surface area contributed by atoms with E-state index < -0.39 is 0 Å². The number of nitrogens with one attached hydrogen (secondary N) is 1. The average molecular weight is 805 g/mol. The summed E-state index contributed by atoms with van der Waals surface area (Å²) in [4.78, 5) is 2.52. The van der Waals surface area contributed by atoms with Crippen LogP contribution in [0.15, 0.2) is 212 Å². The topological polar surface area (TPSA) is 15.3 Å². The second-order valence-corrected chi connectivity index (χ2v) is 17.5. The zero-order valence-corrected chi connectivity index (χ0v) is 36.0. The summed E-state index contributed by atoms with van der Waals surface area (Å²) in [6, 6.07) is 58.3. The van der Waals surface area contributed by atoms with Crippen LogP contribution in [0, 0.1) is 11.8 Å². The van der Waals surface area contributed by atoms with Crippen molar-refractivity contribution >= 4 is 28.7 Å². The summed E-state index contributed by atoms with van der Waals surface area (Å²) in [6.45, 7) is 4.74. The predicted molar refractivity (Wildman–Crippen MR) is 263 cm³/mol. The lowest BCUT2D eigenvalue weighted by Crippen LogP contribution is -2.43. The molecule has 306 valence electrons. The van der Waals surface area contributed by atoms with Gasteiger partial charge in [-0.05, 0) is 117 Å². The molecule has 2 nitrogen and oxygen atoms in total. The molecule has 1 aliphatic heterocycles. The summed E-state index contributed by atoms with van der Waals surface area (Å²) in [7, 11) is 0. The van der Waals surface area contributed by atoms with Crippen LogP contribution in [0.2, 0.25) is 0 Å². The first-order chi connectivity index (χ1) is 30.6. The van der Waals surface area contributed by atoms with Crippen molar-refractivity contribution < 1.29 is 0 Å². The number of para-hydroxylation sites is 1. The first-order valence-corrected chi connectivity index (χ1v) is 22.8. The van der Waals surface area contributed by atoms with Crippen molar-refractivity contribution in [2.45, 2.75) is 63.8 Å². The molecule has 0 fully saturated rings. The Labute approximate surface area is 369 Å². The van der Waals surface area contributed by atoms with Crippen molar-refractivity contribution in [1.29, 1.82) is 0 Å². The molecule has 5 atom stereocenters. The molecule has 4 aliphatic rings. The van der Waals surface area contributed by atoms with Gasteiger partial charge in [-0.2, -0.15) is 0 Å². The van der Waals surface area contributed by atoms with Crippen LogP contribution < -0.4 is 10.2 Å². The van der Waals surface area contributed by atoms with Crippen molar-refractivity contribution in [3.05, 3.63) is 245 Å². The summed E-state index contributed by atoms with van der Waals surface area (Å²) in [6.07, 6.45) is 24.6. The number of hydrogen-bond acceptors (Lipinski definition) is 2. The third-order valence-corrected chi connectivity index (χ3v) is 13.7. The standard InChI is InChI=1S/C60H56N2/c1-3-54-57(48-33-29-44(30-34-48)43-17-7-4-8-18-43)41-58(61-60(54)51-37-38-55(42(2)39-51)46-19-9-5-10-20-46)49-35-31-45(32-36-49)50-23-15-26-53(40-50)62(52-24-11-6-12-25-52)59-28-16-22-47-21-13-14-27-56(47)59/h4-13,16-25,28-42,54-55,57,60-61H,3,14-15,26-27H2,1-2H3. The van der Waals surface area contributed by atoms with Gasteiger partial charge in [0.25, 0.3) is 0 Å². The Morgan fingerprint density at radius 2 is 1.27 bits per heavy atom. The van der Waals surface area contributed by atoms with E-state index in [0.717, 1.165) is 32.1 Å². The maximum absolute atomic E-state index is 4.14. The molecule has 6 aromatic carbocycles. The summed E-state index contributed by atoms with van der Waals surface area (Å²) in [5, 5.41) is 4.14. The monoisotopic (exact) mass is 804 g/mol. The number of anilines is 2. The van der Waals surface area contributed by atoms with Crippen LogP contribution in [-0.4, -0.2) is 6.04 Å². The molecule has 2 heteroatoms.